The van der Waals surface area contributed by atoms with E-state index in [2.05, 4.69) is 5.32 Å². The van der Waals surface area contributed by atoms with E-state index >= 15 is 0 Å². The van der Waals surface area contributed by atoms with E-state index in [0.717, 1.165) is 5.56 Å². The molecule has 0 aliphatic rings. The molecule has 0 aliphatic carbocycles. The summed E-state index contributed by atoms with van der Waals surface area (Å²) in [6.45, 7) is 0. The average Bonchev–Trinajstić information content (AvgIpc) is 2.53. The molecule has 0 aromatic heterocycles. The molecular weight excluding hydrogens is 342 g/mol. The molecule has 1 N–H and O–H groups in total. The fourth-order valence-corrected chi connectivity index (χ4v) is 2.75. The number of rotatable bonds is 6. The third-order valence-electron chi connectivity index (χ3n) is 3.11. The van der Waals surface area contributed by atoms with Crippen LogP contribution in [0.1, 0.15) is 12.0 Å². The highest BCUT2D eigenvalue weighted by Crippen LogP contribution is 2.32. The van der Waals surface area contributed by atoms with Gasteiger partial charge in [0.15, 0.2) is 0 Å². The molecule has 0 saturated heterocycles. The number of anilines is 1. The van der Waals surface area contributed by atoms with Gasteiger partial charge in [0, 0.05) is 11.3 Å². The molecule has 0 radical (unpaired) electrons. The van der Waals surface area contributed by atoms with Gasteiger partial charge in [0.25, 0.3) is 0 Å². The van der Waals surface area contributed by atoms with Crippen molar-refractivity contribution >= 4 is 23.4 Å². The molecule has 2 aromatic rings. The standard InChI is InChI=1S/C17H15F4NOS/c18-13-8-5-12(6-9-13)7-10-16(23)22-14-3-1-2-4-15(14)24-11-17(19,20)21/h1-6,8-9H,7,10-11H2,(H,22,23). The number of hydrogen-bond acceptors (Lipinski definition) is 2. The zero-order chi connectivity index (χ0) is 17.6. The maximum atomic E-state index is 12.8. The van der Waals surface area contributed by atoms with Gasteiger partial charge >= 0.3 is 6.18 Å². The largest absolute Gasteiger partial charge is 0.398 e. The highest BCUT2D eigenvalue weighted by Gasteiger charge is 2.27. The molecule has 7 heteroatoms. The third kappa shape index (κ3) is 6.23. The molecule has 2 aromatic carbocycles. The monoisotopic (exact) mass is 357 g/mol. The molecule has 128 valence electrons. The van der Waals surface area contributed by atoms with Gasteiger partial charge in [-0.1, -0.05) is 24.3 Å². The normalized spacial score (nSPS) is 11.3. The topological polar surface area (TPSA) is 29.1 Å². The van der Waals surface area contributed by atoms with Gasteiger partial charge in [-0.25, -0.2) is 4.39 Å². The Balaban J connectivity index is 1.92. The minimum atomic E-state index is -4.27. The molecule has 1 amide bonds. The molecule has 0 fully saturated rings. The van der Waals surface area contributed by atoms with Gasteiger partial charge in [-0.05, 0) is 36.2 Å². The summed E-state index contributed by atoms with van der Waals surface area (Å²) in [6, 6.07) is 12.2. The second-order valence-electron chi connectivity index (χ2n) is 5.07. The molecule has 0 unspecified atom stereocenters. The number of halogens is 4. The van der Waals surface area contributed by atoms with Crippen molar-refractivity contribution in [1.29, 1.82) is 0 Å². The van der Waals surface area contributed by atoms with Crippen LogP contribution in [0.5, 0.6) is 0 Å². The Kier molecular flexibility index (Phi) is 6.25. The molecule has 0 atom stereocenters. The van der Waals surface area contributed by atoms with Gasteiger partial charge in [-0.3, -0.25) is 4.79 Å². The number of para-hydroxylation sites is 1. The van der Waals surface area contributed by atoms with Crippen LogP contribution < -0.4 is 5.32 Å². The van der Waals surface area contributed by atoms with Crippen molar-refractivity contribution in [2.75, 3.05) is 11.1 Å². The summed E-state index contributed by atoms with van der Waals surface area (Å²) in [5.41, 5.74) is 1.17. The second kappa shape index (κ2) is 8.19. The summed E-state index contributed by atoms with van der Waals surface area (Å²) >= 11 is 0.631. The van der Waals surface area contributed by atoms with Crippen LogP contribution in [0.2, 0.25) is 0 Å². The van der Waals surface area contributed by atoms with E-state index in [0.29, 0.717) is 28.8 Å². The lowest BCUT2D eigenvalue weighted by Gasteiger charge is -2.12. The summed E-state index contributed by atoms with van der Waals surface area (Å²) in [7, 11) is 0. The molecule has 0 heterocycles. The SMILES string of the molecule is O=C(CCc1ccc(F)cc1)Nc1ccccc1SCC(F)(F)F. The molecule has 2 nitrogen and oxygen atoms in total. The van der Waals surface area contributed by atoms with Crippen molar-refractivity contribution in [2.45, 2.75) is 23.9 Å². The maximum Gasteiger partial charge on any atom is 0.398 e. The van der Waals surface area contributed by atoms with Gasteiger partial charge in [-0.2, -0.15) is 13.2 Å². The molecule has 2 rings (SSSR count). The van der Waals surface area contributed by atoms with Crippen molar-refractivity contribution in [2.24, 2.45) is 0 Å². The number of carbonyl (C=O) groups excluding carboxylic acids is 1. The van der Waals surface area contributed by atoms with E-state index in [-0.39, 0.29) is 18.1 Å². The Morgan fingerprint density at radius 2 is 1.71 bits per heavy atom. The highest BCUT2D eigenvalue weighted by atomic mass is 32.2. The molecule has 0 saturated carbocycles. The summed E-state index contributed by atoms with van der Waals surface area (Å²) in [5, 5.41) is 2.63. The number of thioether (sulfide) groups is 1. The zero-order valence-corrected chi connectivity index (χ0v) is 13.4. The highest BCUT2D eigenvalue weighted by molar-refractivity contribution is 7.99. The maximum absolute atomic E-state index is 12.8. The first kappa shape index (κ1) is 18.3. The average molecular weight is 357 g/mol. The molecule has 24 heavy (non-hydrogen) atoms. The number of alkyl halides is 3. The van der Waals surface area contributed by atoms with Gasteiger partial charge in [0.05, 0.1) is 11.4 Å². The van der Waals surface area contributed by atoms with Crippen molar-refractivity contribution in [3.05, 3.63) is 59.9 Å². The first-order valence-electron chi connectivity index (χ1n) is 7.16. The Hall–Kier alpha value is -2.02. The Bertz CT molecular complexity index is 686. The fraction of sp³-hybridized carbons (Fsp3) is 0.235. The summed E-state index contributed by atoms with van der Waals surface area (Å²) < 4.78 is 49.8. The van der Waals surface area contributed by atoms with Crippen LogP contribution >= 0.6 is 11.8 Å². The van der Waals surface area contributed by atoms with E-state index in [1.807, 2.05) is 0 Å². The van der Waals surface area contributed by atoms with Crippen LogP contribution in [0, 0.1) is 5.82 Å². The number of benzene rings is 2. The predicted molar refractivity (Wildman–Crippen MR) is 86.6 cm³/mol. The first-order valence-corrected chi connectivity index (χ1v) is 8.15. The molecular formula is C17H15F4NOS. The number of nitrogens with one attached hydrogen (secondary N) is 1. The lowest BCUT2D eigenvalue weighted by atomic mass is 10.1. The lowest BCUT2D eigenvalue weighted by Crippen LogP contribution is -2.14. The zero-order valence-electron chi connectivity index (χ0n) is 12.6. The predicted octanol–water partition coefficient (Wildman–Crippen LogP) is 5.05. The van der Waals surface area contributed by atoms with Crippen LogP contribution in [-0.4, -0.2) is 17.8 Å². The third-order valence-corrected chi connectivity index (χ3v) is 4.25. The number of aryl methyl sites for hydroxylation is 1. The number of carbonyl (C=O) groups is 1. The van der Waals surface area contributed by atoms with Crippen molar-refractivity contribution in [3.63, 3.8) is 0 Å². The van der Waals surface area contributed by atoms with Crippen LogP contribution in [0.25, 0.3) is 0 Å². The van der Waals surface area contributed by atoms with Gasteiger partial charge in [0.2, 0.25) is 5.91 Å². The Morgan fingerprint density at radius 3 is 2.38 bits per heavy atom. The van der Waals surface area contributed by atoms with Crippen molar-refractivity contribution in [1.82, 2.24) is 0 Å². The van der Waals surface area contributed by atoms with Crippen LogP contribution in [0.4, 0.5) is 23.2 Å². The van der Waals surface area contributed by atoms with E-state index in [9.17, 15) is 22.4 Å². The van der Waals surface area contributed by atoms with Gasteiger partial charge in [-0.15, -0.1) is 11.8 Å². The van der Waals surface area contributed by atoms with Crippen molar-refractivity contribution in [3.8, 4) is 0 Å². The first-order chi connectivity index (χ1) is 11.3. The number of amides is 1. The molecule has 0 aliphatic heterocycles. The van der Waals surface area contributed by atoms with Crippen LogP contribution in [-0.2, 0) is 11.2 Å². The minimum absolute atomic E-state index is 0.157. The van der Waals surface area contributed by atoms with Crippen LogP contribution in [0.3, 0.4) is 0 Å². The Labute approximate surface area is 141 Å². The smallest absolute Gasteiger partial charge is 0.325 e. The molecule has 0 bridgehead atoms. The van der Waals surface area contributed by atoms with E-state index in [1.54, 1.807) is 30.3 Å². The van der Waals surface area contributed by atoms with Crippen LogP contribution in [0.15, 0.2) is 53.4 Å². The van der Waals surface area contributed by atoms with E-state index in [4.69, 9.17) is 0 Å². The minimum Gasteiger partial charge on any atom is -0.325 e. The van der Waals surface area contributed by atoms with Gasteiger partial charge in [0.1, 0.15) is 5.82 Å². The quantitative estimate of drug-likeness (QED) is 0.579. The van der Waals surface area contributed by atoms with E-state index < -0.39 is 11.9 Å². The fourth-order valence-electron chi connectivity index (χ4n) is 1.98. The molecule has 0 spiro atoms. The Morgan fingerprint density at radius 1 is 1.04 bits per heavy atom. The number of hydrogen-bond donors (Lipinski definition) is 1. The summed E-state index contributed by atoms with van der Waals surface area (Å²) in [4.78, 5) is 12.4. The second-order valence-corrected chi connectivity index (χ2v) is 6.09. The van der Waals surface area contributed by atoms with E-state index in [1.165, 1.54) is 18.2 Å². The summed E-state index contributed by atoms with van der Waals surface area (Å²) in [5.74, 6) is -1.67. The summed E-state index contributed by atoms with van der Waals surface area (Å²) in [6.07, 6.45) is -3.70. The van der Waals surface area contributed by atoms with Crippen molar-refractivity contribution < 1.29 is 22.4 Å². The lowest BCUT2D eigenvalue weighted by molar-refractivity contribution is -0.116. The van der Waals surface area contributed by atoms with Gasteiger partial charge < -0.3 is 5.32 Å².